The van der Waals surface area contributed by atoms with E-state index in [0.29, 0.717) is 10.7 Å². The highest BCUT2D eigenvalue weighted by Crippen LogP contribution is 2.21. The minimum atomic E-state index is 0.418. The number of hydrogen-bond donors (Lipinski definition) is 1. The van der Waals surface area contributed by atoms with Crippen molar-refractivity contribution < 1.29 is 0 Å². The molecule has 2 rings (SSSR count). The Balaban J connectivity index is 2.14. The van der Waals surface area contributed by atoms with E-state index in [-0.39, 0.29) is 0 Å². The van der Waals surface area contributed by atoms with Crippen LogP contribution in [0, 0.1) is 4.91 Å². The van der Waals surface area contributed by atoms with Crippen molar-refractivity contribution in [2.45, 2.75) is 0 Å². The maximum Gasteiger partial charge on any atom is 0.108 e. The first kappa shape index (κ1) is 10.6. The van der Waals surface area contributed by atoms with Gasteiger partial charge >= 0.3 is 0 Å². The highest BCUT2D eigenvalue weighted by atomic mass is 35.5. The predicted molar refractivity (Wildman–Crippen MR) is 66.6 cm³/mol. The molecule has 0 bridgehead atoms. The second-order valence-corrected chi connectivity index (χ2v) is 3.71. The maximum atomic E-state index is 10.2. The average molecular weight is 233 g/mol. The predicted octanol–water partition coefficient (Wildman–Crippen LogP) is 4.48. The zero-order valence-corrected chi connectivity index (χ0v) is 9.11. The van der Waals surface area contributed by atoms with Gasteiger partial charge in [-0.15, -0.1) is 4.91 Å². The molecule has 0 amide bonds. The van der Waals surface area contributed by atoms with Crippen molar-refractivity contribution in [3.8, 4) is 0 Å². The van der Waals surface area contributed by atoms with E-state index in [4.69, 9.17) is 11.6 Å². The second kappa shape index (κ2) is 4.77. The molecule has 4 heteroatoms. The Morgan fingerprint density at radius 3 is 1.88 bits per heavy atom. The van der Waals surface area contributed by atoms with E-state index in [9.17, 15) is 4.91 Å². The van der Waals surface area contributed by atoms with Gasteiger partial charge in [-0.05, 0) is 53.7 Å². The average Bonchev–Trinajstić information content (AvgIpc) is 2.33. The molecule has 0 aliphatic carbocycles. The molecule has 0 saturated heterocycles. The van der Waals surface area contributed by atoms with Crippen LogP contribution >= 0.6 is 11.6 Å². The molecule has 0 aromatic heterocycles. The fourth-order valence-corrected chi connectivity index (χ4v) is 1.43. The molecule has 0 aliphatic heterocycles. The molecule has 0 spiro atoms. The van der Waals surface area contributed by atoms with Gasteiger partial charge in [-0.3, -0.25) is 0 Å². The molecular formula is C12H9ClN2O. The lowest BCUT2D eigenvalue weighted by atomic mass is 10.2. The molecule has 0 unspecified atom stereocenters. The van der Waals surface area contributed by atoms with Crippen LogP contribution in [0.25, 0.3) is 0 Å². The van der Waals surface area contributed by atoms with Gasteiger partial charge in [-0.25, -0.2) is 0 Å². The summed E-state index contributed by atoms with van der Waals surface area (Å²) in [4.78, 5) is 10.2. The van der Waals surface area contributed by atoms with Gasteiger partial charge in [0.2, 0.25) is 0 Å². The van der Waals surface area contributed by atoms with Gasteiger partial charge in [-0.2, -0.15) is 0 Å². The van der Waals surface area contributed by atoms with Gasteiger partial charge < -0.3 is 5.32 Å². The van der Waals surface area contributed by atoms with Gasteiger partial charge in [-0.1, -0.05) is 11.6 Å². The summed E-state index contributed by atoms with van der Waals surface area (Å²) in [6.45, 7) is 0. The SMILES string of the molecule is O=Nc1ccc(Nc2ccc(Cl)cc2)cc1. The third-order valence-corrected chi connectivity index (χ3v) is 2.36. The number of rotatable bonds is 3. The van der Waals surface area contributed by atoms with Crippen LogP contribution in [-0.2, 0) is 0 Å². The molecule has 0 saturated carbocycles. The lowest BCUT2D eigenvalue weighted by molar-refractivity contribution is 1.48. The largest absolute Gasteiger partial charge is 0.356 e. The molecule has 3 nitrogen and oxygen atoms in total. The van der Waals surface area contributed by atoms with E-state index in [1.807, 2.05) is 24.3 Å². The van der Waals surface area contributed by atoms with Crippen molar-refractivity contribution in [3.05, 3.63) is 58.5 Å². The number of hydrogen-bond acceptors (Lipinski definition) is 3. The Morgan fingerprint density at radius 1 is 0.875 bits per heavy atom. The van der Waals surface area contributed by atoms with E-state index in [1.165, 1.54) is 0 Å². The Morgan fingerprint density at radius 2 is 1.38 bits per heavy atom. The van der Waals surface area contributed by atoms with Crippen molar-refractivity contribution in [1.29, 1.82) is 0 Å². The van der Waals surface area contributed by atoms with E-state index in [0.717, 1.165) is 11.4 Å². The van der Waals surface area contributed by atoms with Crippen molar-refractivity contribution in [1.82, 2.24) is 0 Å². The summed E-state index contributed by atoms with van der Waals surface area (Å²) in [5, 5.41) is 6.72. The van der Waals surface area contributed by atoms with E-state index in [2.05, 4.69) is 10.5 Å². The molecule has 0 heterocycles. The maximum absolute atomic E-state index is 10.2. The summed E-state index contributed by atoms with van der Waals surface area (Å²) >= 11 is 5.78. The molecule has 0 fully saturated rings. The third-order valence-electron chi connectivity index (χ3n) is 2.11. The first-order chi connectivity index (χ1) is 7.78. The standard InChI is InChI=1S/C12H9ClN2O/c13-9-1-3-10(4-2-9)14-11-5-7-12(15-16)8-6-11/h1-8,14H. The second-order valence-electron chi connectivity index (χ2n) is 3.27. The Hall–Kier alpha value is -1.87. The molecule has 0 atom stereocenters. The Labute approximate surface area is 98.0 Å². The van der Waals surface area contributed by atoms with Gasteiger partial charge in [0.25, 0.3) is 0 Å². The van der Waals surface area contributed by atoms with Crippen LogP contribution < -0.4 is 5.32 Å². The summed E-state index contributed by atoms with van der Waals surface area (Å²) in [5.41, 5.74) is 2.26. The topological polar surface area (TPSA) is 41.5 Å². The highest BCUT2D eigenvalue weighted by molar-refractivity contribution is 6.30. The number of nitroso groups, excluding NO2 is 1. The van der Waals surface area contributed by atoms with Crippen LogP contribution in [0.15, 0.2) is 53.7 Å². The summed E-state index contributed by atoms with van der Waals surface area (Å²) in [7, 11) is 0. The minimum absolute atomic E-state index is 0.418. The third kappa shape index (κ3) is 2.58. The Kier molecular flexibility index (Phi) is 3.17. The summed E-state index contributed by atoms with van der Waals surface area (Å²) in [6.07, 6.45) is 0. The smallest absolute Gasteiger partial charge is 0.108 e. The van der Waals surface area contributed by atoms with Gasteiger partial charge in [0, 0.05) is 16.4 Å². The quantitative estimate of drug-likeness (QED) is 0.793. The van der Waals surface area contributed by atoms with Crippen LogP contribution in [0.4, 0.5) is 17.1 Å². The number of nitrogens with one attached hydrogen (secondary N) is 1. The van der Waals surface area contributed by atoms with Crippen LogP contribution in [-0.4, -0.2) is 0 Å². The molecule has 0 radical (unpaired) electrons. The van der Waals surface area contributed by atoms with E-state index >= 15 is 0 Å². The fraction of sp³-hybridized carbons (Fsp3) is 0. The Bertz CT molecular complexity index is 479. The zero-order chi connectivity index (χ0) is 11.4. The molecule has 2 aromatic carbocycles. The first-order valence-corrected chi connectivity index (χ1v) is 5.12. The van der Waals surface area contributed by atoms with Crippen molar-refractivity contribution in [2.75, 3.05) is 5.32 Å². The monoisotopic (exact) mass is 232 g/mol. The summed E-state index contributed by atoms with van der Waals surface area (Å²) in [6, 6.07) is 14.3. The minimum Gasteiger partial charge on any atom is -0.356 e. The molecule has 1 N–H and O–H groups in total. The normalized spacial score (nSPS) is 9.81. The van der Waals surface area contributed by atoms with Crippen LogP contribution in [0.3, 0.4) is 0 Å². The number of benzene rings is 2. The zero-order valence-electron chi connectivity index (χ0n) is 8.35. The highest BCUT2D eigenvalue weighted by Gasteiger charge is 1.95. The van der Waals surface area contributed by atoms with Crippen molar-refractivity contribution in [3.63, 3.8) is 0 Å². The lowest BCUT2D eigenvalue weighted by Gasteiger charge is -2.05. The molecule has 0 aliphatic rings. The van der Waals surface area contributed by atoms with Crippen molar-refractivity contribution >= 4 is 28.7 Å². The number of anilines is 2. The molecule has 2 aromatic rings. The lowest BCUT2D eigenvalue weighted by Crippen LogP contribution is -1.88. The number of halogens is 1. The van der Waals surface area contributed by atoms with Gasteiger partial charge in [0.05, 0.1) is 0 Å². The van der Waals surface area contributed by atoms with Crippen molar-refractivity contribution in [2.24, 2.45) is 5.18 Å². The molecule has 80 valence electrons. The van der Waals surface area contributed by atoms with Gasteiger partial charge in [0.1, 0.15) is 5.69 Å². The van der Waals surface area contributed by atoms with E-state index < -0.39 is 0 Å². The van der Waals surface area contributed by atoms with Crippen LogP contribution in [0.5, 0.6) is 0 Å². The number of nitrogens with zero attached hydrogens (tertiary/aromatic N) is 1. The van der Waals surface area contributed by atoms with Crippen LogP contribution in [0.1, 0.15) is 0 Å². The fourth-order valence-electron chi connectivity index (χ4n) is 1.31. The van der Waals surface area contributed by atoms with Crippen LogP contribution in [0.2, 0.25) is 5.02 Å². The summed E-state index contributed by atoms with van der Waals surface area (Å²) < 4.78 is 0. The first-order valence-electron chi connectivity index (χ1n) is 4.74. The van der Waals surface area contributed by atoms with E-state index in [1.54, 1.807) is 24.3 Å². The molecular weight excluding hydrogens is 224 g/mol. The molecule has 16 heavy (non-hydrogen) atoms. The van der Waals surface area contributed by atoms with Gasteiger partial charge in [0.15, 0.2) is 0 Å². The summed E-state index contributed by atoms with van der Waals surface area (Å²) in [5.74, 6) is 0.